The normalized spacial score (nSPS) is 16.8. The van der Waals surface area contributed by atoms with E-state index >= 15 is 0 Å². The summed E-state index contributed by atoms with van der Waals surface area (Å²) >= 11 is 0. The second-order valence-electron chi connectivity index (χ2n) is 9.48. The highest BCUT2D eigenvalue weighted by atomic mass is 32.2. The van der Waals surface area contributed by atoms with Gasteiger partial charge in [0.15, 0.2) is 0 Å². The van der Waals surface area contributed by atoms with Crippen LogP contribution in [0.5, 0.6) is 0 Å². The molecule has 0 spiro atoms. The van der Waals surface area contributed by atoms with Crippen molar-refractivity contribution in [2.45, 2.75) is 50.1 Å². The lowest BCUT2D eigenvalue weighted by Gasteiger charge is -2.34. The van der Waals surface area contributed by atoms with Crippen LogP contribution in [0.2, 0.25) is 0 Å². The van der Waals surface area contributed by atoms with Crippen LogP contribution in [-0.2, 0) is 38.3 Å². The van der Waals surface area contributed by atoms with Crippen molar-refractivity contribution < 1.29 is 26.8 Å². The highest BCUT2D eigenvalue weighted by Gasteiger charge is 2.38. The summed E-state index contributed by atoms with van der Waals surface area (Å²) in [5.74, 6) is -2.32. The van der Waals surface area contributed by atoms with E-state index in [1.807, 2.05) is 0 Å². The number of benzene rings is 2. The van der Waals surface area contributed by atoms with Crippen LogP contribution >= 0.6 is 0 Å². The van der Waals surface area contributed by atoms with E-state index in [-0.39, 0.29) is 25.3 Å². The van der Waals surface area contributed by atoms with Crippen molar-refractivity contribution >= 4 is 21.8 Å². The van der Waals surface area contributed by atoms with Crippen molar-refractivity contribution in [1.82, 2.24) is 19.9 Å². The van der Waals surface area contributed by atoms with Crippen LogP contribution in [0.15, 0.2) is 73.1 Å². The lowest BCUT2D eigenvalue weighted by Crippen LogP contribution is -2.56. The molecule has 8 nitrogen and oxygen atoms in total. The SMILES string of the molecule is O=C(NCc1cccnc1)[C@H](Cc1ccc(F)cc1)NC(=O)[C@@H]1CCCCN1S(=O)(=O)Cc1ccc(F)cc1. The summed E-state index contributed by atoms with van der Waals surface area (Å²) < 4.78 is 54.5. The fourth-order valence-electron chi connectivity index (χ4n) is 4.52. The van der Waals surface area contributed by atoms with Crippen molar-refractivity contribution in [3.05, 3.63) is 101 Å². The van der Waals surface area contributed by atoms with Crippen LogP contribution in [0.25, 0.3) is 0 Å². The molecule has 0 radical (unpaired) electrons. The third-order valence-electron chi connectivity index (χ3n) is 6.55. The summed E-state index contributed by atoms with van der Waals surface area (Å²) in [7, 11) is -3.91. The molecule has 2 heterocycles. The van der Waals surface area contributed by atoms with Gasteiger partial charge in [-0.3, -0.25) is 14.6 Å². The maximum Gasteiger partial charge on any atom is 0.243 e. The standard InChI is InChI=1S/C28H30F2N4O4S/c29-23-10-6-20(7-11-23)16-25(27(35)32-18-22-4-3-14-31-17-22)33-28(36)26-5-1-2-15-34(26)39(37,38)19-21-8-12-24(30)13-9-21/h3-4,6-14,17,25-26H,1-2,5,15-16,18-19H2,(H,32,35)(H,33,36)/t25-,26-/m0/s1. The lowest BCUT2D eigenvalue weighted by atomic mass is 10.0. The molecule has 1 aliphatic rings. The molecule has 1 aliphatic heterocycles. The third-order valence-corrected chi connectivity index (χ3v) is 8.40. The summed E-state index contributed by atoms with van der Waals surface area (Å²) in [6.45, 7) is 0.349. The summed E-state index contributed by atoms with van der Waals surface area (Å²) in [5, 5.41) is 5.53. The van der Waals surface area contributed by atoms with Crippen LogP contribution in [0.1, 0.15) is 36.0 Å². The first-order valence-electron chi connectivity index (χ1n) is 12.7. The number of piperidine rings is 1. The van der Waals surface area contributed by atoms with Gasteiger partial charge in [-0.1, -0.05) is 36.8 Å². The van der Waals surface area contributed by atoms with Crippen LogP contribution < -0.4 is 10.6 Å². The van der Waals surface area contributed by atoms with Crippen molar-refractivity contribution in [3.63, 3.8) is 0 Å². The molecule has 4 rings (SSSR count). The number of nitrogens with zero attached hydrogens (tertiary/aromatic N) is 2. The predicted octanol–water partition coefficient (Wildman–Crippen LogP) is 3.09. The molecular weight excluding hydrogens is 526 g/mol. The Labute approximate surface area is 226 Å². The summed E-state index contributed by atoms with van der Waals surface area (Å²) in [6.07, 6.45) is 4.85. The van der Waals surface area contributed by atoms with Crippen molar-refractivity contribution in [1.29, 1.82) is 0 Å². The van der Waals surface area contributed by atoms with E-state index in [0.29, 0.717) is 30.4 Å². The number of amides is 2. The number of nitrogens with one attached hydrogen (secondary N) is 2. The topological polar surface area (TPSA) is 108 Å². The first kappa shape index (κ1) is 28.3. The van der Waals surface area contributed by atoms with Gasteiger partial charge in [0.1, 0.15) is 23.7 Å². The van der Waals surface area contributed by atoms with E-state index in [1.165, 1.54) is 52.8 Å². The van der Waals surface area contributed by atoms with Gasteiger partial charge in [0.2, 0.25) is 21.8 Å². The zero-order chi connectivity index (χ0) is 27.8. The van der Waals surface area contributed by atoms with Crippen LogP contribution in [0, 0.1) is 11.6 Å². The molecule has 1 fully saturated rings. The molecule has 0 unspecified atom stereocenters. The number of carbonyl (C=O) groups is 2. The van der Waals surface area contributed by atoms with E-state index in [2.05, 4.69) is 15.6 Å². The highest BCUT2D eigenvalue weighted by molar-refractivity contribution is 7.88. The molecule has 0 saturated carbocycles. The predicted molar refractivity (Wildman–Crippen MR) is 141 cm³/mol. The molecule has 1 saturated heterocycles. The fraction of sp³-hybridized carbons (Fsp3) is 0.321. The first-order chi connectivity index (χ1) is 18.7. The highest BCUT2D eigenvalue weighted by Crippen LogP contribution is 2.24. The molecule has 0 aliphatic carbocycles. The number of halogens is 2. The zero-order valence-electron chi connectivity index (χ0n) is 21.2. The molecule has 39 heavy (non-hydrogen) atoms. The Bertz CT molecular complexity index is 1370. The average Bonchev–Trinajstić information content (AvgIpc) is 2.94. The maximum absolute atomic E-state index is 13.5. The van der Waals surface area contributed by atoms with Crippen molar-refractivity contribution in [2.75, 3.05) is 6.54 Å². The lowest BCUT2D eigenvalue weighted by molar-refractivity contribution is -0.131. The quantitative estimate of drug-likeness (QED) is 0.399. The Morgan fingerprint density at radius 3 is 2.26 bits per heavy atom. The van der Waals surface area contributed by atoms with E-state index in [0.717, 1.165) is 5.56 Å². The second-order valence-corrected chi connectivity index (χ2v) is 11.4. The largest absolute Gasteiger partial charge is 0.350 e. The number of pyridine rings is 1. The number of rotatable bonds is 10. The average molecular weight is 557 g/mol. The number of aromatic nitrogens is 1. The van der Waals surface area contributed by atoms with Crippen LogP contribution in [0.3, 0.4) is 0 Å². The summed E-state index contributed by atoms with van der Waals surface area (Å²) in [6, 6.07) is 12.3. The molecule has 2 atom stereocenters. The minimum atomic E-state index is -3.91. The van der Waals surface area contributed by atoms with Crippen LogP contribution in [0.4, 0.5) is 8.78 Å². The van der Waals surface area contributed by atoms with Crippen molar-refractivity contribution in [3.8, 4) is 0 Å². The number of carbonyl (C=O) groups excluding carboxylic acids is 2. The maximum atomic E-state index is 13.5. The molecule has 11 heteroatoms. The molecule has 2 aromatic carbocycles. The molecule has 1 aromatic heterocycles. The monoisotopic (exact) mass is 556 g/mol. The van der Waals surface area contributed by atoms with E-state index in [9.17, 15) is 26.8 Å². The summed E-state index contributed by atoms with van der Waals surface area (Å²) in [4.78, 5) is 30.7. The van der Waals surface area contributed by atoms with Crippen LogP contribution in [-0.4, -0.2) is 48.1 Å². The number of hydrogen-bond acceptors (Lipinski definition) is 5. The molecule has 206 valence electrons. The van der Waals surface area contributed by atoms with Gasteiger partial charge in [-0.15, -0.1) is 0 Å². The van der Waals surface area contributed by atoms with Gasteiger partial charge >= 0.3 is 0 Å². The molecule has 0 bridgehead atoms. The van der Waals surface area contributed by atoms with E-state index in [1.54, 1.807) is 24.5 Å². The zero-order valence-corrected chi connectivity index (χ0v) is 22.0. The molecule has 2 amide bonds. The molecular formula is C28H30F2N4O4S. The smallest absolute Gasteiger partial charge is 0.243 e. The van der Waals surface area contributed by atoms with E-state index < -0.39 is 45.6 Å². The second kappa shape index (κ2) is 12.9. The Balaban J connectivity index is 1.50. The first-order valence-corrected chi connectivity index (χ1v) is 14.3. The minimum Gasteiger partial charge on any atom is -0.350 e. The van der Waals surface area contributed by atoms with E-state index in [4.69, 9.17) is 0 Å². The Hall–Kier alpha value is -3.70. The number of hydrogen-bond donors (Lipinski definition) is 2. The van der Waals surface area contributed by atoms with Gasteiger partial charge in [0.25, 0.3) is 0 Å². The Morgan fingerprint density at radius 2 is 1.62 bits per heavy atom. The third kappa shape index (κ3) is 7.90. The minimum absolute atomic E-state index is 0.0833. The summed E-state index contributed by atoms with van der Waals surface area (Å²) in [5.41, 5.74) is 1.80. The Morgan fingerprint density at radius 1 is 0.949 bits per heavy atom. The van der Waals surface area contributed by atoms with Gasteiger partial charge in [-0.2, -0.15) is 4.31 Å². The van der Waals surface area contributed by atoms with Gasteiger partial charge in [0, 0.05) is 31.9 Å². The van der Waals surface area contributed by atoms with Gasteiger partial charge < -0.3 is 10.6 Å². The van der Waals surface area contributed by atoms with Crippen molar-refractivity contribution in [2.24, 2.45) is 0 Å². The molecule has 2 N–H and O–H groups in total. The fourth-order valence-corrected chi connectivity index (χ4v) is 6.30. The number of sulfonamides is 1. The van der Waals surface area contributed by atoms with Gasteiger partial charge in [-0.05, 0) is 59.9 Å². The van der Waals surface area contributed by atoms with Gasteiger partial charge in [-0.25, -0.2) is 17.2 Å². The molecule has 3 aromatic rings. The Kier molecular flexibility index (Phi) is 9.36. The van der Waals surface area contributed by atoms with Gasteiger partial charge in [0.05, 0.1) is 5.75 Å².